The Hall–Kier alpha value is -1.35. The van der Waals surface area contributed by atoms with E-state index in [0.717, 1.165) is 5.56 Å². The Morgan fingerprint density at radius 1 is 1.33 bits per heavy atom. The van der Waals surface area contributed by atoms with E-state index >= 15 is 0 Å². The van der Waals surface area contributed by atoms with Gasteiger partial charge in [0.2, 0.25) is 5.90 Å². The van der Waals surface area contributed by atoms with Crippen LogP contribution in [0.5, 0.6) is 0 Å². The maximum absolute atomic E-state index is 9.80. The van der Waals surface area contributed by atoms with Gasteiger partial charge in [0.15, 0.2) is 0 Å². The van der Waals surface area contributed by atoms with Crippen LogP contribution in [0.1, 0.15) is 19.4 Å². The van der Waals surface area contributed by atoms with Crippen LogP contribution in [-0.4, -0.2) is 29.3 Å². The molecule has 2 rings (SSSR count). The summed E-state index contributed by atoms with van der Waals surface area (Å²) >= 11 is 0. The van der Waals surface area contributed by atoms with Gasteiger partial charge in [0.25, 0.3) is 0 Å². The molecule has 15 heavy (non-hydrogen) atoms. The van der Waals surface area contributed by atoms with E-state index in [1.165, 1.54) is 0 Å². The first kappa shape index (κ1) is 10.2. The smallest absolute Gasteiger partial charge is 0.216 e. The second-order valence-corrected chi connectivity index (χ2v) is 4.28. The third-order valence-electron chi connectivity index (χ3n) is 2.49. The number of ether oxygens (including phenoxy) is 1. The van der Waals surface area contributed by atoms with E-state index in [1.807, 2.05) is 30.3 Å². The fourth-order valence-corrected chi connectivity index (χ4v) is 1.47. The molecule has 1 aromatic rings. The van der Waals surface area contributed by atoms with Crippen LogP contribution in [0.25, 0.3) is 0 Å². The van der Waals surface area contributed by atoms with Gasteiger partial charge in [0.1, 0.15) is 12.6 Å². The van der Waals surface area contributed by atoms with Gasteiger partial charge >= 0.3 is 0 Å². The summed E-state index contributed by atoms with van der Waals surface area (Å²) in [5.41, 5.74) is 0.139. The van der Waals surface area contributed by atoms with E-state index in [4.69, 9.17) is 4.74 Å². The Morgan fingerprint density at radius 3 is 2.53 bits per heavy atom. The highest BCUT2D eigenvalue weighted by Crippen LogP contribution is 2.20. The highest BCUT2D eigenvalue weighted by molar-refractivity contribution is 5.95. The van der Waals surface area contributed by atoms with Crippen LogP contribution in [0, 0.1) is 0 Å². The molecule has 0 aliphatic carbocycles. The molecule has 1 aromatic carbocycles. The summed E-state index contributed by atoms with van der Waals surface area (Å²) in [5, 5.41) is 9.80. The van der Waals surface area contributed by atoms with Crippen LogP contribution in [0.15, 0.2) is 35.3 Å². The van der Waals surface area contributed by atoms with Crippen molar-refractivity contribution in [2.24, 2.45) is 4.99 Å². The Bertz CT molecular complexity index is 365. The first-order valence-electron chi connectivity index (χ1n) is 5.06. The molecule has 1 heterocycles. The minimum atomic E-state index is -0.823. The van der Waals surface area contributed by atoms with Crippen LogP contribution in [0.4, 0.5) is 0 Å². The number of rotatable bonds is 2. The largest absolute Gasteiger partial charge is 0.475 e. The SMILES string of the molecule is CC(C)(O)C1COC(c2ccccc2)=N1. The van der Waals surface area contributed by atoms with Gasteiger partial charge in [-0.25, -0.2) is 4.99 Å². The number of aliphatic imine (C=N–C) groups is 1. The van der Waals surface area contributed by atoms with Crippen LogP contribution < -0.4 is 0 Å². The summed E-state index contributed by atoms with van der Waals surface area (Å²) in [6.45, 7) is 3.95. The molecule has 1 atom stereocenters. The molecule has 3 nitrogen and oxygen atoms in total. The van der Waals surface area contributed by atoms with Gasteiger partial charge < -0.3 is 9.84 Å². The van der Waals surface area contributed by atoms with Gasteiger partial charge in [-0.05, 0) is 26.0 Å². The molecule has 1 unspecified atom stereocenters. The molecular weight excluding hydrogens is 190 g/mol. The van der Waals surface area contributed by atoms with E-state index in [-0.39, 0.29) is 6.04 Å². The van der Waals surface area contributed by atoms with Crippen molar-refractivity contribution in [3.63, 3.8) is 0 Å². The van der Waals surface area contributed by atoms with Crippen LogP contribution in [-0.2, 0) is 4.74 Å². The van der Waals surface area contributed by atoms with Crippen molar-refractivity contribution in [3.05, 3.63) is 35.9 Å². The molecule has 1 aliphatic rings. The van der Waals surface area contributed by atoms with Gasteiger partial charge in [0, 0.05) is 5.56 Å². The number of nitrogens with zero attached hydrogens (tertiary/aromatic N) is 1. The van der Waals surface area contributed by atoms with Crippen LogP contribution in [0.3, 0.4) is 0 Å². The molecule has 0 fully saturated rings. The average molecular weight is 205 g/mol. The molecule has 0 radical (unpaired) electrons. The summed E-state index contributed by atoms with van der Waals surface area (Å²) in [4.78, 5) is 4.37. The normalized spacial score (nSPS) is 21.0. The van der Waals surface area contributed by atoms with E-state index in [1.54, 1.807) is 13.8 Å². The summed E-state index contributed by atoms with van der Waals surface area (Å²) in [7, 11) is 0. The maximum Gasteiger partial charge on any atom is 0.216 e. The molecule has 0 saturated heterocycles. The lowest BCUT2D eigenvalue weighted by Gasteiger charge is -2.20. The van der Waals surface area contributed by atoms with Crippen molar-refractivity contribution in [2.75, 3.05) is 6.61 Å². The standard InChI is InChI=1S/C12H15NO2/c1-12(2,14)10-8-15-11(13-10)9-6-4-3-5-7-9/h3-7,10,14H,8H2,1-2H3. The second kappa shape index (κ2) is 3.66. The summed E-state index contributed by atoms with van der Waals surface area (Å²) in [5.74, 6) is 0.628. The Kier molecular flexibility index (Phi) is 2.49. The molecule has 1 aliphatic heterocycles. The Labute approximate surface area is 89.4 Å². The highest BCUT2D eigenvalue weighted by Gasteiger charge is 2.32. The van der Waals surface area contributed by atoms with Gasteiger partial charge in [-0.2, -0.15) is 0 Å². The molecule has 80 valence electrons. The molecule has 0 saturated carbocycles. The minimum absolute atomic E-state index is 0.173. The number of benzene rings is 1. The molecule has 0 amide bonds. The lowest BCUT2D eigenvalue weighted by atomic mass is 10.0. The number of hydrogen-bond acceptors (Lipinski definition) is 3. The van der Waals surface area contributed by atoms with Crippen LogP contribution in [0.2, 0.25) is 0 Å². The zero-order chi connectivity index (χ0) is 10.9. The van der Waals surface area contributed by atoms with Gasteiger partial charge in [-0.3, -0.25) is 0 Å². The lowest BCUT2D eigenvalue weighted by Crippen LogP contribution is -2.35. The van der Waals surface area contributed by atoms with Crippen molar-refractivity contribution >= 4 is 5.90 Å². The first-order chi connectivity index (χ1) is 7.07. The highest BCUT2D eigenvalue weighted by atomic mass is 16.5. The van der Waals surface area contributed by atoms with Crippen molar-refractivity contribution in [1.82, 2.24) is 0 Å². The topological polar surface area (TPSA) is 41.8 Å². The zero-order valence-electron chi connectivity index (χ0n) is 8.97. The fraction of sp³-hybridized carbons (Fsp3) is 0.417. The third kappa shape index (κ3) is 2.18. The van der Waals surface area contributed by atoms with Crippen molar-refractivity contribution < 1.29 is 9.84 Å². The molecule has 3 heteroatoms. The monoisotopic (exact) mass is 205 g/mol. The number of aliphatic hydroxyl groups is 1. The van der Waals surface area contributed by atoms with Gasteiger partial charge in [-0.15, -0.1) is 0 Å². The van der Waals surface area contributed by atoms with Crippen molar-refractivity contribution in [2.45, 2.75) is 25.5 Å². The average Bonchev–Trinajstić information content (AvgIpc) is 2.67. The maximum atomic E-state index is 9.80. The van der Waals surface area contributed by atoms with Gasteiger partial charge in [-0.1, -0.05) is 18.2 Å². The quantitative estimate of drug-likeness (QED) is 0.796. The van der Waals surface area contributed by atoms with Crippen LogP contribution >= 0.6 is 0 Å². The summed E-state index contributed by atoms with van der Waals surface area (Å²) < 4.78 is 5.47. The second-order valence-electron chi connectivity index (χ2n) is 4.28. The van der Waals surface area contributed by atoms with Gasteiger partial charge in [0.05, 0.1) is 5.60 Å². The number of hydrogen-bond donors (Lipinski definition) is 1. The van der Waals surface area contributed by atoms with Crippen molar-refractivity contribution in [3.8, 4) is 0 Å². The molecule has 1 N–H and O–H groups in total. The van der Waals surface area contributed by atoms with E-state index in [0.29, 0.717) is 12.5 Å². The predicted molar refractivity (Wildman–Crippen MR) is 59.0 cm³/mol. The summed E-state index contributed by atoms with van der Waals surface area (Å²) in [6.07, 6.45) is 0. The molecule has 0 bridgehead atoms. The van der Waals surface area contributed by atoms with E-state index < -0.39 is 5.60 Å². The fourth-order valence-electron chi connectivity index (χ4n) is 1.47. The minimum Gasteiger partial charge on any atom is -0.475 e. The Balaban J connectivity index is 2.21. The lowest BCUT2D eigenvalue weighted by molar-refractivity contribution is 0.0436. The molecule has 0 aromatic heterocycles. The zero-order valence-corrected chi connectivity index (χ0v) is 8.97. The van der Waals surface area contributed by atoms with Crippen molar-refractivity contribution in [1.29, 1.82) is 0 Å². The first-order valence-corrected chi connectivity index (χ1v) is 5.06. The third-order valence-corrected chi connectivity index (χ3v) is 2.49. The Morgan fingerprint density at radius 2 is 2.00 bits per heavy atom. The molecular formula is C12H15NO2. The van der Waals surface area contributed by atoms with E-state index in [9.17, 15) is 5.11 Å². The van der Waals surface area contributed by atoms with E-state index in [2.05, 4.69) is 4.99 Å². The predicted octanol–water partition coefficient (Wildman–Crippen LogP) is 1.60. The molecule has 0 spiro atoms. The summed E-state index contributed by atoms with van der Waals surface area (Å²) in [6, 6.07) is 9.56.